The van der Waals surface area contributed by atoms with E-state index in [2.05, 4.69) is 15.3 Å². The summed E-state index contributed by atoms with van der Waals surface area (Å²) in [6.45, 7) is 1.96. The minimum absolute atomic E-state index is 0.308. The number of imidazole rings is 1. The summed E-state index contributed by atoms with van der Waals surface area (Å²) in [6, 6.07) is 16.4. The third-order valence-electron chi connectivity index (χ3n) is 7.06. The molecule has 1 amide bonds. The number of amides is 1. The quantitative estimate of drug-likeness (QED) is 0.292. The van der Waals surface area contributed by atoms with Crippen molar-refractivity contribution in [1.82, 2.24) is 19.7 Å². The van der Waals surface area contributed by atoms with Gasteiger partial charge in [0.25, 0.3) is 5.91 Å². The molecule has 7 nitrogen and oxygen atoms in total. The maximum atomic E-state index is 13.7. The number of fused-ring (bicyclic) bond motifs is 2. The Balaban J connectivity index is 1.45. The van der Waals surface area contributed by atoms with E-state index in [-0.39, 0.29) is 5.82 Å². The van der Waals surface area contributed by atoms with Crippen LogP contribution in [0.25, 0.3) is 39.0 Å². The van der Waals surface area contributed by atoms with Crippen LogP contribution in [0.4, 0.5) is 10.1 Å². The monoisotopic (exact) mass is 482 g/mol. The van der Waals surface area contributed by atoms with Gasteiger partial charge in [-0.3, -0.25) is 4.79 Å². The van der Waals surface area contributed by atoms with Gasteiger partial charge in [0.2, 0.25) is 0 Å². The summed E-state index contributed by atoms with van der Waals surface area (Å²) in [5.41, 5.74) is 11.7. The Hall–Kier alpha value is -4.20. The van der Waals surface area contributed by atoms with E-state index >= 15 is 0 Å². The Morgan fingerprint density at radius 3 is 2.75 bits per heavy atom. The molecule has 0 unspecified atom stereocenters. The molecule has 0 spiro atoms. The maximum Gasteiger partial charge on any atom is 0.250 e. The van der Waals surface area contributed by atoms with Crippen LogP contribution < -0.4 is 11.1 Å². The predicted molar refractivity (Wildman–Crippen MR) is 140 cm³/mol. The van der Waals surface area contributed by atoms with Crippen molar-refractivity contribution in [3.05, 3.63) is 71.7 Å². The molecule has 0 saturated heterocycles. The number of primary amides is 1. The Morgan fingerprint density at radius 2 is 1.94 bits per heavy atom. The normalized spacial score (nSPS) is 14.5. The van der Waals surface area contributed by atoms with Crippen molar-refractivity contribution in [2.45, 2.75) is 45.1 Å². The lowest BCUT2D eigenvalue weighted by atomic mass is 9.95. The summed E-state index contributed by atoms with van der Waals surface area (Å²) < 4.78 is 15.6. The number of nitrogens with one attached hydrogen (secondary N) is 2. The van der Waals surface area contributed by atoms with Crippen LogP contribution in [-0.4, -0.2) is 31.7 Å². The van der Waals surface area contributed by atoms with E-state index in [0.29, 0.717) is 28.5 Å². The highest BCUT2D eigenvalue weighted by Crippen LogP contribution is 2.33. The molecule has 0 radical (unpaired) electrons. The average molecular weight is 483 g/mol. The molecule has 1 saturated carbocycles. The van der Waals surface area contributed by atoms with Gasteiger partial charge < -0.3 is 16.0 Å². The van der Waals surface area contributed by atoms with Gasteiger partial charge in [-0.05, 0) is 62.2 Å². The molecule has 1 fully saturated rings. The van der Waals surface area contributed by atoms with Crippen molar-refractivity contribution in [2.75, 3.05) is 5.32 Å². The lowest BCUT2D eigenvalue weighted by Crippen LogP contribution is -2.24. The second kappa shape index (κ2) is 8.78. The molecule has 36 heavy (non-hydrogen) atoms. The molecule has 8 heteroatoms. The molecule has 2 heterocycles. The molecule has 0 atom stereocenters. The second-order valence-electron chi connectivity index (χ2n) is 9.52. The lowest BCUT2D eigenvalue weighted by molar-refractivity contribution is 0.100. The van der Waals surface area contributed by atoms with E-state index in [1.54, 1.807) is 12.1 Å². The van der Waals surface area contributed by atoms with E-state index in [4.69, 9.17) is 10.8 Å². The van der Waals surface area contributed by atoms with E-state index in [0.717, 1.165) is 46.4 Å². The minimum Gasteiger partial charge on any atom is -0.382 e. The van der Waals surface area contributed by atoms with E-state index in [1.165, 1.54) is 31.4 Å². The summed E-state index contributed by atoms with van der Waals surface area (Å²) in [4.78, 5) is 20.1. The average Bonchev–Trinajstić information content (AvgIpc) is 3.45. The van der Waals surface area contributed by atoms with Crippen LogP contribution >= 0.6 is 0 Å². The third kappa shape index (κ3) is 3.88. The number of hydrogen-bond donors (Lipinski definition) is 3. The fraction of sp³-hybridized carbons (Fsp3) is 0.250. The molecule has 0 aliphatic heterocycles. The Morgan fingerprint density at radius 1 is 1.11 bits per heavy atom. The number of aromatic nitrogens is 4. The third-order valence-corrected chi connectivity index (χ3v) is 7.06. The SMILES string of the molecule is Cc1nn(-c2ccc(C(N)=O)c(NC3CCCCC3)c2)c2cccc(-c3nc4ccc(F)cc4[nH]3)c12. The fourth-order valence-corrected chi connectivity index (χ4v) is 5.32. The van der Waals surface area contributed by atoms with Gasteiger partial charge in [-0.1, -0.05) is 31.4 Å². The first kappa shape index (κ1) is 22.3. The second-order valence-corrected chi connectivity index (χ2v) is 9.52. The van der Waals surface area contributed by atoms with Gasteiger partial charge in [0.05, 0.1) is 33.5 Å². The van der Waals surface area contributed by atoms with Gasteiger partial charge in [0.15, 0.2) is 0 Å². The number of carbonyl (C=O) groups is 1. The first-order valence-corrected chi connectivity index (χ1v) is 12.3. The van der Waals surface area contributed by atoms with Crippen molar-refractivity contribution in [3.63, 3.8) is 0 Å². The van der Waals surface area contributed by atoms with Gasteiger partial charge in [-0.15, -0.1) is 0 Å². The van der Waals surface area contributed by atoms with E-state index in [9.17, 15) is 9.18 Å². The number of carbonyl (C=O) groups excluding carboxylic acids is 1. The number of hydrogen-bond acceptors (Lipinski definition) is 4. The van der Waals surface area contributed by atoms with Crippen LogP contribution in [0.15, 0.2) is 54.6 Å². The zero-order valence-corrected chi connectivity index (χ0v) is 20.0. The Labute approximate surface area is 207 Å². The number of rotatable bonds is 5. The standard InChI is InChI=1S/C28H27FN6O/c1-16-26-21(28-32-22-13-10-17(29)14-24(22)33-28)8-5-9-25(26)35(34-16)19-11-12-20(27(30)36)23(15-19)31-18-6-3-2-4-7-18/h5,8-15,18,31H,2-4,6-7H2,1H3,(H2,30,36)(H,32,33). The van der Waals surface area contributed by atoms with Crippen LogP contribution in [0.2, 0.25) is 0 Å². The van der Waals surface area contributed by atoms with Crippen molar-refractivity contribution in [2.24, 2.45) is 5.73 Å². The van der Waals surface area contributed by atoms with Gasteiger partial charge >= 0.3 is 0 Å². The number of H-pyrrole nitrogens is 1. The largest absolute Gasteiger partial charge is 0.382 e. The van der Waals surface area contributed by atoms with Gasteiger partial charge in [0, 0.05) is 22.7 Å². The van der Waals surface area contributed by atoms with Crippen molar-refractivity contribution in [1.29, 1.82) is 0 Å². The summed E-state index contributed by atoms with van der Waals surface area (Å²) in [6.07, 6.45) is 5.78. The topological polar surface area (TPSA) is 102 Å². The van der Waals surface area contributed by atoms with E-state index < -0.39 is 5.91 Å². The molecular weight excluding hydrogens is 455 g/mol. The summed E-state index contributed by atoms with van der Waals surface area (Å²) in [5, 5.41) is 9.37. The highest BCUT2D eigenvalue weighted by molar-refractivity contribution is 6.00. The Kier molecular flexibility index (Phi) is 5.44. The lowest BCUT2D eigenvalue weighted by Gasteiger charge is -2.25. The molecule has 6 rings (SSSR count). The molecule has 1 aliphatic carbocycles. The van der Waals surface area contributed by atoms with Crippen LogP contribution in [0.1, 0.15) is 48.2 Å². The summed E-state index contributed by atoms with van der Waals surface area (Å²) >= 11 is 0. The minimum atomic E-state index is -0.454. The van der Waals surface area contributed by atoms with Crippen LogP contribution in [0.5, 0.6) is 0 Å². The van der Waals surface area contributed by atoms with Gasteiger partial charge in [-0.25, -0.2) is 14.1 Å². The first-order valence-electron chi connectivity index (χ1n) is 12.3. The molecule has 2 aromatic heterocycles. The smallest absolute Gasteiger partial charge is 0.250 e. The number of nitrogens with zero attached hydrogens (tertiary/aromatic N) is 3. The molecule has 3 aromatic carbocycles. The van der Waals surface area contributed by atoms with Crippen molar-refractivity contribution < 1.29 is 9.18 Å². The molecular formula is C28H27FN6O. The number of anilines is 1. The summed E-state index contributed by atoms with van der Waals surface area (Å²) in [5.74, 6) is -0.102. The zero-order chi connectivity index (χ0) is 24.8. The Bertz CT molecular complexity index is 1610. The fourth-order valence-electron chi connectivity index (χ4n) is 5.32. The van der Waals surface area contributed by atoms with Gasteiger partial charge in [-0.2, -0.15) is 5.10 Å². The predicted octanol–water partition coefficient (Wildman–Crippen LogP) is 5.86. The molecule has 182 valence electrons. The van der Waals surface area contributed by atoms with Crippen molar-refractivity contribution in [3.8, 4) is 17.1 Å². The van der Waals surface area contributed by atoms with E-state index in [1.807, 2.05) is 41.9 Å². The van der Waals surface area contributed by atoms with Gasteiger partial charge in [0.1, 0.15) is 11.6 Å². The highest BCUT2D eigenvalue weighted by Gasteiger charge is 2.20. The van der Waals surface area contributed by atoms with Crippen LogP contribution in [0, 0.1) is 12.7 Å². The highest BCUT2D eigenvalue weighted by atomic mass is 19.1. The number of benzene rings is 3. The maximum absolute atomic E-state index is 13.7. The van der Waals surface area contributed by atoms with Crippen LogP contribution in [0.3, 0.4) is 0 Å². The summed E-state index contributed by atoms with van der Waals surface area (Å²) in [7, 11) is 0. The zero-order valence-electron chi connectivity index (χ0n) is 20.0. The molecule has 1 aliphatic rings. The molecule has 5 aromatic rings. The number of aromatic amines is 1. The van der Waals surface area contributed by atoms with Crippen molar-refractivity contribution >= 4 is 33.5 Å². The number of halogens is 1. The molecule has 0 bridgehead atoms. The number of aryl methyl sites for hydroxylation is 1. The first-order chi connectivity index (χ1) is 17.5. The number of nitrogens with two attached hydrogens (primary N) is 1. The molecule has 4 N–H and O–H groups in total. The van der Waals surface area contributed by atoms with Crippen LogP contribution in [-0.2, 0) is 0 Å².